The van der Waals surface area contributed by atoms with Gasteiger partial charge in [-0.2, -0.15) is 0 Å². The molecule has 4 heterocycles. The molecule has 4 aromatic heterocycles. The maximum atomic E-state index is 6.13. The predicted octanol–water partition coefficient (Wildman–Crippen LogP) is 11.4. The molecule has 10 rings (SSSR count). The van der Waals surface area contributed by atoms with Crippen molar-refractivity contribution >= 4 is 65.4 Å². The van der Waals surface area contributed by atoms with Gasteiger partial charge in [0.05, 0.1) is 33.6 Å². The molecule has 4 heteroatoms. The van der Waals surface area contributed by atoms with Crippen LogP contribution in [0.3, 0.4) is 0 Å². The number of furan rings is 1. The summed E-state index contributed by atoms with van der Waals surface area (Å²) in [6.45, 7) is 0. The molecule has 0 aliphatic rings. The van der Waals surface area contributed by atoms with Crippen LogP contribution in [0.15, 0.2) is 156 Å². The third-order valence-corrected chi connectivity index (χ3v) is 9.27. The van der Waals surface area contributed by atoms with Gasteiger partial charge < -0.3 is 4.42 Å². The monoisotopic (exact) mass is 599 g/mol. The number of pyridine rings is 3. The highest BCUT2D eigenvalue weighted by molar-refractivity contribution is 6.18. The molecular weight excluding hydrogens is 574 g/mol. The van der Waals surface area contributed by atoms with Crippen molar-refractivity contribution in [3.8, 4) is 33.8 Å². The highest BCUT2D eigenvalue weighted by Crippen LogP contribution is 2.38. The molecule has 0 unspecified atom stereocenters. The Morgan fingerprint density at radius 2 is 0.957 bits per heavy atom. The van der Waals surface area contributed by atoms with Crippen molar-refractivity contribution < 1.29 is 4.42 Å². The fourth-order valence-corrected chi connectivity index (χ4v) is 7.02. The normalized spacial score (nSPS) is 11.8. The van der Waals surface area contributed by atoms with Gasteiger partial charge in [0.15, 0.2) is 0 Å². The molecule has 6 aromatic carbocycles. The molecule has 0 saturated carbocycles. The van der Waals surface area contributed by atoms with Gasteiger partial charge in [-0.05, 0) is 53.2 Å². The summed E-state index contributed by atoms with van der Waals surface area (Å²) in [6.07, 6.45) is 0. The lowest BCUT2D eigenvalue weighted by Crippen LogP contribution is -1.92. The average Bonchev–Trinajstić information content (AvgIpc) is 3.53. The SMILES string of the molecule is c1ccc(-c2ccc3ccc4ccc(-c5cccc6c(-c7ccc8c(ccc9oc%10ccccc%10c98)n7)cccc56)nc4c3n2)cc1. The zero-order valence-corrected chi connectivity index (χ0v) is 25.2. The zero-order chi connectivity index (χ0) is 30.9. The van der Waals surface area contributed by atoms with E-state index in [9.17, 15) is 0 Å². The van der Waals surface area contributed by atoms with E-state index in [-0.39, 0.29) is 0 Å². The molecule has 4 nitrogen and oxygen atoms in total. The summed E-state index contributed by atoms with van der Waals surface area (Å²) in [5.41, 5.74) is 10.6. The van der Waals surface area contributed by atoms with E-state index in [1.165, 1.54) is 0 Å². The third-order valence-electron chi connectivity index (χ3n) is 9.27. The van der Waals surface area contributed by atoms with E-state index in [1.807, 2.05) is 36.4 Å². The van der Waals surface area contributed by atoms with Crippen LogP contribution < -0.4 is 0 Å². The van der Waals surface area contributed by atoms with Crippen molar-refractivity contribution in [2.75, 3.05) is 0 Å². The Hall–Kier alpha value is -6.39. The summed E-state index contributed by atoms with van der Waals surface area (Å²) in [4.78, 5) is 15.5. The number of hydrogen-bond donors (Lipinski definition) is 0. The fourth-order valence-electron chi connectivity index (χ4n) is 7.02. The number of rotatable bonds is 3. The van der Waals surface area contributed by atoms with Crippen LogP contribution in [0.4, 0.5) is 0 Å². The van der Waals surface area contributed by atoms with Crippen molar-refractivity contribution in [1.82, 2.24) is 15.0 Å². The molecule has 0 N–H and O–H groups in total. The first-order valence-corrected chi connectivity index (χ1v) is 15.8. The minimum absolute atomic E-state index is 0.880. The van der Waals surface area contributed by atoms with Crippen LogP contribution in [0.1, 0.15) is 0 Å². The second-order valence-corrected chi connectivity index (χ2v) is 12.0. The Morgan fingerprint density at radius 1 is 0.362 bits per heavy atom. The zero-order valence-electron chi connectivity index (χ0n) is 25.2. The average molecular weight is 600 g/mol. The van der Waals surface area contributed by atoms with Gasteiger partial charge in [-0.25, -0.2) is 15.0 Å². The van der Waals surface area contributed by atoms with E-state index in [0.29, 0.717) is 0 Å². The van der Waals surface area contributed by atoms with Gasteiger partial charge in [-0.1, -0.05) is 109 Å². The number of fused-ring (bicyclic) bond motifs is 9. The van der Waals surface area contributed by atoms with E-state index in [2.05, 4.69) is 115 Å². The predicted molar refractivity (Wildman–Crippen MR) is 193 cm³/mol. The molecule has 0 saturated heterocycles. The molecule has 218 valence electrons. The molecule has 0 aliphatic carbocycles. The van der Waals surface area contributed by atoms with Crippen molar-refractivity contribution in [1.29, 1.82) is 0 Å². The summed E-state index contributed by atoms with van der Waals surface area (Å²) in [6, 6.07) is 52.5. The summed E-state index contributed by atoms with van der Waals surface area (Å²) in [7, 11) is 0. The van der Waals surface area contributed by atoms with Gasteiger partial charge in [0.25, 0.3) is 0 Å². The van der Waals surface area contributed by atoms with Crippen LogP contribution in [0.2, 0.25) is 0 Å². The maximum absolute atomic E-state index is 6.13. The van der Waals surface area contributed by atoms with Gasteiger partial charge in [0, 0.05) is 43.6 Å². The van der Waals surface area contributed by atoms with Crippen LogP contribution in [0.25, 0.3) is 99.2 Å². The molecule has 0 radical (unpaired) electrons. The summed E-state index contributed by atoms with van der Waals surface area (Å²) in [5.74, 6) is 0. The third kappa shape index (κ3) is 4.05. The topological polar surface area (TPSA) is 51.8 Å². The van der Waals surface area contributed by atoms with Crippen molar-refractivity contribution in [3.63, 3.8) is 0 Å². The van der Waals surface area contributed by atoms with Crippen LogP contribution in [-0.4, -0.2) is 15.0 Å². The first kappa shape index (κ1) is 25.9. The minimum atomic E-state index is 0.880. The van der Waals surface area contributed by atoms with Gasteiger partial charge in [-0.15, -0.1) is 0 Å². The largest absolute Gasteiger partial charge is 0.456 e. The first-order valence-electron chi connectivity index (χ1n) is 15.8. The van der Waals surface area contributed by atoms with Crippen molar-refractivity contribution in [3.05, 3.63) is 152 Å². The highest BCUT2D eigenvalue weighted by Gasteiger charge is 2.15. The van der Waals surface area contributed by atoms with Gasteiger partial charge in [0.2, 0.25) is 0 Å². The molecule has 0 atom stereocenters. The Bertz CT molecular complexity index is 2850. The van der Waals surface area contributed by atoms with Gasteiger partial charge in [-0.3, -0.25) is 0 Å². The summed E-state index contributed by atoms with van der Waals surface area (Å²) in [5, 5.41) is 7.72. The lowest BCUT2D eigenvalue weighted by Gasteiger charge is -2.12. The second kappa shape index (κ2) is 10.1. The number of nitrogens with zero attached hydrogens (tertiary/aromatic N) is 3. The molecule has 0 fully saturated rings. The maximum Gasteiger partial charge on any atom is 0.136 e. The van der Waals surface area contributed by atoms with Crippen LogP contribution >= 0.6 is 0 Å². The van der Waals surface area contributed by atoms with E-state index >= 15 is 0 Å². The Balaban J connectivity index is 1.13. The fraction of sp³-hybridized carbons (Fsp3) is 0. The lowest BCUT2D eigenvalue weighted by atomic mass is 9.95. The number of para-hydroxylation sites is 1. The van der Waals surface area contributed by atoms with E-state index in [1.54, 1.807) is 0 Å². The van der Waals surface area contributed by atoms with Crippen LogP contribution in [0, 0.1) is 0 Å². The smallest absolute Gasteiger partial charge is 0.136 e. The summed E-state index contributed by atoms with van der Waals surface area (Å²) < 4.78 is 6.13. The van der Waals surface area contributed by atoms with Crippen molar-refractivity contribution in [2.45, 2.75) is 0 Å². The van der Waals surface area contributed by atoms with Crippen molar-refractivity contribution in [2.24, 2.45) is 0 Å². The molecule has 0 aliphatic heterocycles. The number of aromatic nitrogens is 3. The van der Waals surface area contributed by atoms with E-state index < -0.39 is 0 Å². The van der Waals surface area contributed by atoms with Gasteiger partial charge in [0.1, 0.15) is 11.2 Å². The Morgan fingerprint density at radius 3 is 1.72 bits per heavy atom. The molecule has 0 spiro atoms. The Labute approximate surface area is 269 Å². The lowest BCUT2D eigenvalue weighted by molar-refractivity contribution is 0.669. The summed E-state index contributed by atoms with van der Waals surface area (Å²) >= 11 is 0. The highest BCUT2D eigenvalue weighted by atomic mass is 16.3. The second-order valence-electron chi connectivity index (χ2n) is 12.0. The molecule has 47 heavy (non-hydrogen) atoms. The van der Waals surface area contributed by atoms with Gasteiger partial charge >= 0.3 is 0 Å². The number of hydrogen-bond acceptors (Lipinski definition) is 4. The van der Waals surface area contributed by atoms with Crippen LogP contribution in [0.5, 0.6) is 0 Å². The first-order chi connectivity index (χ1) is 23.3. The Kier molecular flexibility index (Phi) is 5.54. The molecule has 10 aromatic rings. The van der Waals surface area contributed by atoms with E-state index in [0.717, 1.165) is 99.2 Å². The number of benzene rings is 6. The standard InChI is InChI=1S/C43H25N3O/c1-2-8-26(9-3-1)35-21-18-27-16-17-28-19-22-37(46-43(28)42(27)45-35)32-14-7-11-29-30(32)12-6-13-31(29)36-23-20-33-38(44-36)24-25-40-41(33)34-10-4-5-15-39(34)47-40/h1-25H. The quantitative estimate of drug-likeness (QED) is 0.190. The molecule has 0 bridgehead atoms. The minimum Gasteiger partial charge on any atom is -0.456 e. The van der Waals surface area contributed by atoms with Crippen LogP contribution in [-0.2, 0) is 0 Å². The molecule has 0 amide bonds. The molecular formula is C43H25N3O. The van der Waals surface area contributed by atoms with E-state index in [4.69, 9.17) is 19.4 Å².